The zero-order valence-electron chi connectivity index (χ0n) is 11.4. The summed E-state index contributed by atoms with van der Waals surface area (Å²) in [5, 5.41) is 6.75. The molecule has 1 aromatic carbocycles. The SMILES string of the molecule is Cc1ccc(NC(=O)c2c(C)nn(C)c2C)c(F)c1. The Kier molecular flexibility index (Phi) is 3.38. The molecule has 19 heavy (non-hydrogen) atoms. The predicted octanol–water partition coefficient (Wildman–Crippen LogP) is 2.74. The van der Waals surface area contributed by atoms with Gasteiger partial charge in [-0.25, -0.2) is 4.39 Å². The second-order valence-electron chi connectivity index (χ2n) is 4.61. The Morgan fingerprint density at radius 1 is 1.32 bits per heavy atom. The molecule has 100 valence electrons. The molecule has 5 heteroatoms. The first-order chi connectivity index (χ1) is 8.90. The van der Waals surface area contributed by atoms with Gasteiger partial charge in [0, 0.05) is 12.7 Å². The highest BCUT2D eigenvalue weighted by Crippen LogP contribution is 2.18. The van der Waals surface area contributed by atoms with Crippen molar-refractivity contribution in [1.82, 2.24) is 9.78 Å². The van der Waals surface area contributed by atoms with Crippen LogP contribution in [0, 0.1) is 26.6 Å². The number of amides is 1. The average molecular weight is 261 g/mol. The quantitative estimate of drug-likeness (QED) is 0.903. The van der Waals surface area contributed by atoms with Crippen LogP contribution in [0.5, 0.6) is 0 Å². The first kappa shape index (κ1) is 13.3. The number of benzene rings is 1. The summed E-state index contributed by atoms with van der Waals surface area (Å²) in [6.07, 6.45) is 0. The van der Waals surface area contributed by atoms with Gasteiger partial charge in [-0.1, -0.05) is 6.07 Å². The minimum Gasteiger partial charge on any atom is -0.319 e. The molecule has 1 N–H and O–H groups in total. The topological polar surface area (TPSA) is 46.9 Å². The summed E-state index contributed by atoms with van der Waals surface area (Å²) in [7, 11) is 1.77. The molecule has 0 spiro atoms. The van der Waals surface area contributed by atoms with Gasteiger partial charge in [0.15, 0.2) is 0 Å². The van der Waals surface area contributed by atoms with E-state index in [4.69, 9.17) is 0 Å². The molecule has 0 radical (unpaired) electrons. The standard InChI is InChI=1S/C14H16FN3O/c1-8-5-6-12(11(15)7-8)16-14(19)13-9(2)17-18(4)10(13)3/h5-7H,1-4H3,(H,16,19). The Balaban J connectivity index is 2.31. The largest absolute Gasteiger partial charge is 0.319 e. The van der Waals surface area contributed by atoms with Gasteiger partial charge in [-0.2, -0.15) is 5.10 Å². The molecule has 1 aromatic heterocycles. The van der Waals surface area contributed by atoms with E-state index in [0.29, 0.717) is 11.3 Å². The number of nitrogens with one attached hydrogen (secondary N) is 1. The van der Waals surface area contributed by atoms with Crippen molar-refractivity contribution in [1.29, 1.82) is 0 Å². The van der Waals surface area contributed by atoms with Gasteiger partial charge in [0.05, 0.1) is 16.9 Å². The van der Waals surface area contributed by atoms with Crippen LogP contribution in [0.25, 0.3) is 0 Å². The van der Waals surface area contributed by atoms with Gasteiger partial charge in [0.2, 0.25) is 0 Å². The van der Waals surface area contributed by atoms with Crippen molar-refractivity contribution in [2.75, 3.05) is 5.32 Å². The summed E-state index contributed by atoms with van der Waals surface area (Å²) in [5.74, 6) is -0.779. The number of nitrogens with zero attached hydrogens (tertiary/aromatic N) is 2. The molecule has 0 atom stereocenters. The maximum absolute atomic E-state index is 13.7. The van der Waals surface area contributed by atoms with Crippen molar-refractivity contribution >= 4 is 11.6 Å². The third kappa shape index (κ3) is 2.50. The second kappa shape index (κ2) is 4.84. The number of anilines is 1. The molecule has 1 heterocycles. The van der Waals surface area contributed by atoms with Crippen LogP contribution in [0.2, 0.25) is 0 Å². The van der Waals surface area contributed by atoms with E-state index in [1.54, 1.807) is 44.6 Å². The zero-order chi connectivity index (χ0) is 14.2. The van der Waals surface area contributed by atoms with Crippen LogP contribution in [0.1, 0.15) is 27.3 Å². The molecule has 0 saturated carbocycles. The second-order valence-corrected chi connectivity index (χ2v) is 4.61. The lowest BCUT2D eigenvalue weighted by Gasteiger charge is -2.07. The van der Waals surface area contributed by atoms with Crippen molar-refractivity contribution < 1.29 is 9.18 Å². The maximum Gasteiger partial charge on any atom is 0.259 e. The van der Waals surface area contributed by atoms with E-state index >= 15 is 0 Å². The lowest BCUT2D eigenvalue weighted by Crippen LogP contribution is -2.15. The highest BCUT2D eigenvalue weighted by Gasteiger charge is 2.18. The van der Waals surface area contributed by atoms with Crippen LogP contribution in [-0.2, 0) is 7.05 Å². The molecule has 0 aliphatic heterocycles. The number of carbonyl (C=O) groups is 1. The van der Waals surface area contributed by atoms with Gasteiger partial charge in [0.25, 0.3) is 5.91 Å². The van der Waals surface area contributed by atoms with E-state index in [1.807, 2.05) is 0 Å². The molecule has 0 saturated heterocycles. The first-order valence-corrected chi connectivity index (χ1v) is 5.98. The number of rotatable bonds is 2. The molecule has 2 aromatic rings. The first-order valence-electron chi connectivity index (χ1n) is 5.98. The van der Waals surface area contributed by atoms with Crippen molar-refractivity contribution in [3.63, 3.8) is 0 Å². The Labute approximate surface area is 111 Å². The molecule has 1 amide bonds. The number of aryl methyl sites for hydroxylation is 3. The Morgan fingerprint density at radius 2 is 2.00 bits per heavy atom. The fraction of sp³-hybridized carbons (Fsp3) is 0.286. The van der Waals surface area contributed by atoms with Gasteiger partial charge in [0.1, 0.15) is 5.82 Å². The van der Waals surface area contributed by atoms with Gasteiger partial charge in [-0.3, -0.25) is 9.48 Å². The van der Waals surface area contributed by atoms with E-state index in [0.717, 1.165) is 11.3 Å². The Hall–Kier alpha value is -2.17. The van der Waals surface area contributed by atoms with Crippen molar-refractivity contribution in [2.45, 2.75) is 20.8 Å². The molecular weight excluding hydrogens is 245 g/mol. The van der Waals surface area contributed by atoms with E-state index in [-0.39, 0.29) is 11.6 Å². The normalized spacial score (nSPS) is 10.6. The summed E-state index contributed by atoms with van der Waals surface area (Å²) in [6.45, 7) is 5.36. The third-order valence-electron chi connectivity index (χ3n) is 3.11. The smallest absolute Gasteiger partial charge is 0.259 e. The minimum atomic E-state index is -0.437. The zero-order valence-corrected chi connectivity index (χ0v) is 11.4. The van der Waals surface area contributed by atoms with Crippen molar-refractivity contribution in [3.8, 4) is 0 Å². The lowest BCUT2D eigenvalue weighted by molar-refractivity contribution is 0.102. The minimum absolute atomic E-state index is 0.179. The summed E-state index contributed by atoms with van der Waals surface area (Å²) < 4.78 is 15.3. The van der Waals surface area contributed by atoms with E-state index < -0.39 is 5.82 Å². The summed E-state index contributed by atoms with van der Waals surface area (Å²) in [6, 6.07) is 4.70. The fourth-order valence-corrected chi connectivity index (χ4v) is 2.01. The highest BCUT2D eigenvalue weighted by atomic mass is 19.1. The lowest BCUT2D eigenvalue weighted by atomic mass is 10.1. The molecule has 0 aliphatic rings. The van der Waals surface area contributed by atoms with Crippen LogP contribution in [0.4, 0.5) is 10.1 Å². The van der Waals surface area contributed by atoms with Crippen LogP contribution in [0.15, 0.2) is 18.2 Å². The number of aromatic nitrogens is 2. The van der Waals surface area contributed by atoms with Crippen LogP contribution < -0.4 is 5.32 Å². The molecule has 0 aliphatic carbocycles. The van der Waals surface area contributed by atoms with Gasteiger partial charge < -0.3 is 5.32 Å². The highest BCUT2D eigenvalue weighted by molar-refractivity contribution is 6.05. The van der Waals surface area contributed by atoms with E-state index in [1.165, 1.54) is 6.07 Å². The fourth-order valence-electron chi connectivity index (χ4n) is 2.01. The van der Waals surface area contributed by atoms with Crippen LogP contribution >= 0.6 is 0 Å². The molecule has 4 nitrogen and oxygen atoms in total. The van der Waals surface area contributed by atoms with E-state index in [9.17, 15) is 9.18 Å². The monoisotopic (exact) mass is 261 g/mol. The van der Waals surface area contributed by atoms with Gasteiger partial charge in [-0.05, 0) is 38.5 Å². The number of hydrogen-bond donors (Lipinski definition) is 1. The Morgan fingerprint density at radius 3 is 2.53 bits per heavy atom. The Bertz CT molecular complexity index is 646. The molecular formula is C14H16FN3O. The molecule has 0 bridgehead atoms. The van der Waals surface area contributed by atoms with E-state index in [2.05, 4.69) is 10.4 Å². The summed E-state index contributed by atoms with van der Waals surface area (Å²) in [5.41, 5.74) is 2.86. The van der Waals surface area contributed by atoms with Gasteiger partial charge >= 0.3 is 0 Å². The van der Waals surface area contributed by atoms with Crippen molar-refractivity contribution in [3.05, 3.63) is 46.5 Å². The number of carbonyl (C=O) groups excluding carboxylic acids is 1. The molecule has 2 rings (SSSR count). The predicted molar refractivity (Wildman–Crippen MR) is 71.8 cm³/mol. The molecule has 0 fully saturated rings. The van der Waals surface area contributed by atoms with Crippen LogP contribution in [-0.4, -0.2) is 15.7 Å². The number of hydrogen-bond acceptors (Lipinski definition) is 2. The summed E-state index contributed by atoms with van der Waals surface area (Å²) >= 11 is 0. The van der Waals surface area contributed by atoms with Crippen LogP contribution in [0.3, 0.4) is 0 Å². The maximum atomic E-state index is 13.7. The molecule has 0 unspecified atom stereocenters. The summed E-state index contributed by atoms with van der Waals surface area (Å²) in [4.78, 5) is 12.2. The number of halogens is 1. The average Bonchev–Trinajstić information content (AvgIpc) is 2.57. The third-order valence-corrected chi connectivity index (χ3v) is 3.11. The van der Waals surface area contributed by atoms with Gasteiger partial charge in [-0.15, -0.1) is 0 Å². The van der Waals surface area contributed by atoms with Crippen molar-refractivity contribution in [2.24, 2.45) is 7.05 Å².